The quantitative estimate of drug-likeness (QED) is 0.673. The van der Waals surface area contributed by atoms with Crippen LogP contribution in [-0.2, 0) is 11.3 Å². The summed E-state index contributed by atoms with van der Waals surface area (Å²) in [5.74, 6) is -0.193. The van der Waals surface area contributed by atoms with Crippen molar-refractivity contribution in [3.8, 4) is 5.69 Å². The third kappa shape index (κ3) is 4.90. The molecule has 0 aliphatic rings. The van der Waals surface area contributed by atoms with Crippen molar-refractivity contribution in [3.63, 3.8) is 0 Å². The van der Waals surface area contributed by atoms with Crippen molar-refractivity contribution in [2.45, 2.75) is 26.8 Å². The third-order valence-electron chi connectivity index (χ3n) is 4.92. The second kappa shape index (κ2) is 9.19. The maximum atomic E-state index is 12.5. The summed E-state index contributed by atoms with van der Waals surface area (Å²) < 4.78 is 1.91. The van der Waals surface area contributed by atoms with Gasteiger partial charge in [-0.05, 0) is 38.1 Å². The first-order chi connectivity index (χ1) is 14.0. The Bertz CT molecular complexity index is 981. The Hall–Kier alpha value is -3.41. The number of carbonyl (C=O) groups is 2. The summed E-state index contributed by atoms with van der Waals surface area (Å²) in [6.07, 6.45) is 0.250. The van der Waals surface area contributed by atoms with Gasteiger partial charge < -0.3 is 10.2 Å². The third-order valence-corrected chi connectivity index (χ3v) is 4.92. The first-order valence-electron chi connectivity index (χ1n) is 9.65. The van der Waals surface area contributed by atoms with Crippen LogP contribution in [0.3, 0.4) is 0 Å². The predicted octanol–water partition coefficient (Wildman–Crippen LogP) is 3.27. The fraction of sp³-hybridized carbons (Fsp3) is 0.261. The van der Waals surface area contributed by atoms with Gasteiger partial charge >= 0.3 is 0 Å². The Balaban J connectivity index is 1.57. The molecular formula is C23H26N4O2. The van der Waals surface area contributed by atoms with Crippen molar-refractivity contribution in [1.82, 2.24) is 20.0 Å². The maximum Gasteiger partial charge on any atom is 0.251 e. The molecule has 0 bridgehead atoms. The van der Waals surface area contributed by atoms with Gasteiger partial charge in [0, 0.05) is 43.4 Å². The average molecular weight is 390 g/mol. The van der Waals surface area contributed by atoms with Gasteiger partial charge in [-0.2, -0.15) is 5.10 Å². The monoisotopic (exact) mass is 390 g/mol. The van der Waals surface area contributed by atoms with Gasteiger partial charge in [0.2, 0.25) is 5.91 Å². The number of para-hydroxylation sites is 1. The molecule has 1 N–H and O–H groups in total. The van der Waals surface area contributed by atoms with Crippen LogP contribution >= 0.6 is 0 Å². The van der Waals surface area contributed by atoms with Gasteiger partial charge in [0.1, 0.15) is 0 Å². The molecule has 0 aliphatic carbocycles. The number of amides is 2. The van der Waals surface area contributed by atoms with E-state index in [9.17, 15) is 9.59 Å². The van der Waals surface area contributed by atoms with E-state index in [-0.39, 0.29) is 18.2 Å². The number of rotatable bonds is 7. The van der Waals surface area contributed by atoms with Crippen LogP contribution in [0, 0.1) is 13.8 Å². The molecule has 2 aromatic carbocycles. The Morgan fingerprint density at radius 3 is 2.28 bits per heavy atom. The van der Waals surface area contributed by atoms with E-state index in [0.717, 1.165) is 22.6 Å². The van der Waals surface area contributed by atoms with Crippen LogP contribution in [0.2, 0.25) is 0 Å². The summed E-state index contributed by atoms with van der Waals surface area (Å²) in [7, 11) is 1.78. The molecule has 0 fully saturated rings. The molecule has 0 aliphatic heterocycles. The van der Waals surface area contributed by atoms with E-state index in [1.54, 1.807) is 24.1 Å². The fourth-order valence-corrected chi connectivity index (χ4v) is 3.22. The number of nitrogens with one attached hydrogen (secondary N) is 1. The lowest BCUT2D eigenvalue weighted by Crippen LogP contribution is -2.32. The number of carbonyl (C=O) groups excluding carboxylic acids is 2. The zero-order chi connectivity index (χ0) is 20.8. The van der Waals surface area contributed by atoms with E-state index >= 15 is 0 Å². The molecule has 6 heteroatoms. The van der Waals surface area contributed by atoms with Gasteiger partial charge in [-0.15, -0.1) is 0 Å². The van der Waals surface area contributed by atoms with E-state index < -0.39 is 0 Å². The normalized spacial score (nSPS) is 10.6. The van der Waals surface area contributed by atoms with E-state index in [0.29, 0.717) is 18.7 Å². The molecule has 29 heavy (non-hydrogen) atoms. The SMILES string of the molecule is Cc1nn(-c2ccccc2)c(C)c1CN(C)C(=O)CCNC(=O)c1ccccc1. The number of aromatic nitrogens is 2. The predicted molar refractivity (Wildman–Crippen MR) is 113 cm³/mol. The van der Waals surface area contributed by atoms with Crippen molar-refractivity contribution in [1.29, 1.82) is 0 Å². The van der Waals surface area contributed by atoms with Gasteiger partial charge in [0.15, 0.2) is 0 Å². The van der Waals surface area contributed by atoms with Gasteiger partial charge in [-0.25, -0.2) is 4.68 Å². The molecule has 3 rings (SSSR count). The zero-order valence-electron chi connectivity index (χ0n) is 17.1. The summed E-state index contributed by atoms with van der Waals surface area (Å²) in [5, 5.41) is 7.43. The van der Waals surface area contributed by atoms with Crippen LogP contribution in [0.1, 0.15) is 33.7 Å². The second-order valence-electron chi connectivity index (χ2n) is 7.02. The minimum Gasteiger partial charge on any atom is -0.352 e. The zero-order valence-corrected chi connectivity index (χ0v) is 17.1. The number of hydrogen-bond acceptors (Lipinski definition) is 3. The minimum atomic E-state index is -0.170. The van der Waals surface area contributed by atoms with Gasteiger partial charge in [-0.3, -0.25) is 9.59 Å². The molecule has 1 aromatic heterocycles. The van der Waals surface area contributed by atoms with Crippen LogP contribution in [-0.4, -0.2) is 40.1 Å². The highest BCUT2D eigenvalue weighted by Crippen LogP contribution is 2.19. The molecule has 1 heterocycles. The first-order valence-corrected chi connectivity index (χ1v) is 9.65. The highest BCUT2D eigenvalue weighted by molar-refractivity contribution is 5.94. The number of aryl methyl sites for hydroxylation is 1. The van der Waals surface area contributed by atoms with Crippen molar-refractivity contribution in [2.24, 2.45) is 0 Å². The molecule has 0 saturated heterocycles. The molecule has 0 atom stereocenters. The van der Waals surface area contributed by atoms with E-state index in [1.807, 2.05) is 67.1 Å². The Kier molecular flexibility index (Phi) is 6.44. The summed E-state index contributed by atoms with van der Waals surface area (Å²) >= 11 is 0. The first kappa shape index (κ1) is 20.3. The molecule has 0 spiro atoms. The lowest BCUT2D eigenvalue weighted by molar-refractivity contribution is -0.130. The summed E-state index contributed by atoms with van der Waals surface area (Å²) in [4.78, 5) is 26.3. The van der Waals surface area contributed by atoms with Crippen LogP contribution in [0.5, 0.6) is 0 Å². The molecule has 0 saturated carbocycles. The number of nitrogens with zero attached hydrogens (tertiary/aromatic N) is 3. The summed E-state index contributed by atoms with van der Waals surface area (Å²) in [6, 6.07) is 18.9. The standard InChI is InChI=1S/C23H26N4O2/c1-17-21(18(2)27(25-17)20-12-8-5-9-13-20)16-26(3)22(28)14-15-24-23(29)19-10-6-4-7-11-19/h4-13H,14-16H2,1-3H3,(H,24,29). The lowest BCUT2D eigenvalue weighted by atomic mass is 10.1. The van der Waals surface area contributed by atoms with Crippen molar-refractivity contribution < 1.29 is 9.59 Å². The average Bonchev–Trinajstić information content (AvgIpc) is 3.03. The maximum absolute atomic E-state index is 12.5. The molecule has 2 amide bonds. The van der Waals surface area contributed by atoms with E-state index in [4.69, 9.17) is 0 Å². The molecule has 3 aromatic rings. The Morgan fingerprint density at radius 2 is 1.62 bits per heavy atom. The second-order valence-corrected chi connectivity index (χ2v) is 7.02. The highest BCUT2D eigenvalue weighted by atomic mass is 16.2. The minimum absolute atomic E-state index is 0.0235. The topological polar surface area (TPSA) is 67.2 Å². The fourth-order valence-electron chi connectivity index (χ4n) is 3.22. The van der Waals surface area contributed by atoms with Crippen LogP contribution in [0.25, 0.3) is 5.69 Å². The lowest BCUT2D eigenvalue weighted by Gasteiger charge is -2.18. The van der Waals surface area contributed by atoms with Crippen molar-refractivity contribution >= 4 is 11.8 Å². The van der Waals surface area contributed by atoms with Gasteiger partial charge in [0.25, 0.3) is 5.91 Å². The van der Waals surface area contributed by atoms with Gasteiger partial charge in [-0.1, -0.05) is 36.4 Å². The molecule has 150 valence electrons. The number of benzene rings is 2. The highest BCUT2D eigenvalue weighted by Gasteiger charge is 2.17. The summed E-state index contributed by atoms with van der Waals surface area (Å²) in [5.41, 5.74) is 4.55. The Morgan fingerprint density at radius 1 is 1.00 bits per heavy atom. The van der Waals surface area contributed by atoms with Crippen molar-refractivity contribution in [3.05, 3.63) is 83.2 Å². The molecule has 6 nitrogen and oxygen atoms in total. The molecular weight excluding hydrogens is 364 g/mol. The molecule has 0 unspecified atom stereocenters. The smallest absolute Gasteiger partial charge is 0.251 e. The van der Waals surface area contributed by atoms with Gasteiger partial charge in [0.05, 0.1) is 11.4 Å². The van der Waals surface area contributed by atoms with Crippen LogP contribution in [0.4, 0.5) is 0 Å². The summed E-state index contributed by atoms with van der Waals surface area (Å²) in [6.45, 7) is 4.76. The van der Waals surface area contributed by atoms with Crippen LogP contribution in [0.15, 0.2) is 60.7 Å². The van der Waals surface area contributed by atoms with E-state index in [2.05, 4.69) is 10.4 Å². The van der Waals surface area contributed by atoms with Crippen molar-refractivity contribution in [2.75, 3.05) is 13.6 Å². The number of hydrogen-bond donors (Lipinski definition) is 1. The van der Waals surface area contributed by atoms with Crippen LogP contribution < -0.4 is 5.32 Å². The largest absolute Gasteiger partial charge is 0.352 e. The van der Waals surface area contributed by atoms with E-state index in [1.165, 1.54) is 0 Å². The Labute approximate surface area is 171 Å². The molecule has 0 radical (unpaired) electrons.